The van der Waals surface area contributed by atoms with E-state index in [9.17, 15) is 0 Å². The summed E-state index contributed by atoms with van der Waals surface area (Å²) in [5.74, 6) is 0. The first-order valence-corrected chi connectivity index (χ1v) is 4.75. The largest absolute Gasteiger partial charge is 0.314 e. The molecule has 0 radical (unpaired) electrons. The van der Waals surface area contributed by atoms with Gasteiger partial charge in [-0.1, -0.05) is 22.6 Å². The maximum absolute atomic E-state index is 3.45. The molecule has 1 atom stereocenters. The Kier molecular flexibility index (Phi) is 3.12. The van der Waals surface area contributed by atoms with Crippen LogP contribution >= 0.6 is 22.6 Å². The molecule has 1 aliphatic heterocycles. The van der Waals surface area contributed by atoms with Crippen molar-refractivity contribution in [3.8, 4) is 0 Å². The fraction of sp³-hybridized carbons (Fsp3) is 1.00. The summed E-state index contributed by atoms with van der Waals surface area (Å²) in [5, 5.41) is 3.45. The first kappa shape index (κ1) is 6.81. The van der Waals surface area contributed by atoms with Crippen LogP contribution in [-0.4, -0.2) is 17.0 Å². The van der Waals surface area contributed by atoms with Gasteiger partial charge in [0.15, 0.2) is 0 Å². The maximum atomic E-state index is 3.45. The molecule has 1 N–H and O–H groups in total. The van der Waals surface area contributed by atoms with E-state index in [4.69, 9.17) is 0 Å². The molecule has 1 aliphatic rings. The van der Waals surface area contributed by atoms with Crippen LogP contribution in [-0.2, 0) is 0 Å². The minimum atomic E-state index is 0.854. The Morgan fingerprint density at radius 1 is 1.62 bits per heavy atom. The van der Waals surface area contributed by atoms with E-state index in [0.29, 0.717) is 0 Å². The van der Waals surface area contributed by atoms with Crippen LogP contribution in [0, 0.1) is 0 Å². The molecule has 1 rings (SSSR count). The van der Waals surface area contributed by atoms with Crippen LogP contribution in [0.5, 0.6) is 0 Å². The molecule has 48 valence electrons. The van der Waals surface area contributed by atoms with Gasteiger partial charge >= 0.3 is 0 Å². The molecule has 2 heteroatoms. The Morgan fingerprint density at radius 2 is 2.50 bits per heavy atom. The molecule has 0 spiro atoms. The van der Waals surface area contributed by atoms with Gasteiger partial charge in [-0.3, -0.25) is 0 Å². The van der Waals surface area contributed by atoms with Crippen molar-refractivity contribution >= 4 is 22.6 Å². The summed E-state index contributed by atoms with van der Waals surface area (Å²) in [5.41, 5.74) is 0. The quantitative estimate of drug-likeness (QED) is 0.555. The van der Waals surface area contributed by atoms with Gasteiger partial charge in [0.2, 0.25) is 0 Å². The Bertz CT molecular complexity index is 59.5. The lowest BCUT2D eigenvalue weighted by Crippen LogP contribution is -2.21. The fourth-order valence-electron chi connectivity index (χ4n) is 1.13. The van der Waals surface area contributed by atoms with E-state index in [1.165, 1.54) is 30.2 Å². The highest BCUT2D eigenvalue weighted by Crippen LogP contribution is 2.09. The molecule has 0 bridgehead atoms. The Balaban J connectivity index is 2.06. The van der Waals surface area contributed by atoms with E-state index in [1.807, 2.05) is 0 Å². The van der Waals surface area contributed by atoms with Crippen molar-refractivity contribution in [1.82, 2.24) is 5.32 Å². The molecule has 1 nitrogen and oxygen atoms in total. The van der Waals surface area contributed by atoms with Crippen LogP contribution in [0.25, 0.3) is 0 Å². The average molecular weight is 225 g/mol. The fourth-order valence-corrected chi connectivity index (χ4v) is 1.89. The maximum Gasteiger partial charge on any atom is 0.00748 e. The molecular formula is C6H12IN. The van der Waals surface area contributed by atoms with E-state index in [-0.39, 0.29) is 0 Å². The van der Waals surface area contributed by atoms with Crippen molar-refractivity contribution in [2.75, 3.05) is 11.0 Å². The molecule has 0 aliphatic carbocycles. The van der Waals surface area contributed by atoms with Gasteiger partial charge in [-0.2, -0.15) is 0 Å². The summed E-state index contributed by atoms with van der Waals surface area (Å²) in [7, 11) is 0. The second-order valence-electron chi connectivity index (χ2n) is 2.27. The van der Waals surface area contributed by atoms with Crippen LogP contribution < -0.4 is 5.32 Å². The lowest BCUT2D eigenvalue weighted by Gasteiger charge is -2.04. The van der Waals surface area contributed by atoms with E-state index >= 15 is 0 Å². The molecule has 1 heterocycles. The number of alkyl halides is 1. The third kappa shape index (κ3) is 1.90. The summed E-state index contributed by atoms with van der Waals surface area (Å²) in [6, 6.07) is 0.854. The minimum absolute atomic E-state index is 0.854. The predicted octanol–water partition coefficient (Wildman–Crippen LogP) is 1.56. The number of hydrogen-bond donors (Lipinski definition) is 1. The third-order valence-electron chi connectivity index (χ3n) is 1.62. The van der Waals surface area contributed by atoms with Crippen molar-refractivity contribution < 1.29 is 0 Å². The normalized spacial score (nSPS) is 28.9. The highest BCUT2D eigenvalue weighted by Gasteiger charge is 2.11. The second-order valence-corrected chi connectivity index (χ2v) is 3.35. The Hall–Kier alpha value is 0.690. The van der Waals surface area contributed by atoms with Crippen LogP contribution in [0.2, 0.25) is 0 Å². The molecule has 0 aromatic carbocycles. The zero-order chi connectivity index (χ0) is 5.82. The molecule has 1 fully saturated rings. The number of nitrogens with one attached hydrogen (secondary N) is 1. The molecule has 0 aromatic rings. The number of hydrogen-bond acceptors (Lipinski definition) is 1. The van der Waals surface area contributed by atoms with E-state index in [1.54, 1.807) is 0 Å². The molecule has 1 unspecified atom stereocenters. The Labute approximate surface area is 64.4 Å². The van der Waals surface area contributed by atoms with Gasteiger partial charge in [0, 0.05) is 10.5 Å². The van der Waals surface area contributed by atoms with Gasteiger partial charge in [-0.05, 0) is 25.8 Å². The summed E-state index contributed by atoms with van der Waals surface area (Å²) in [6.45, 7) is 1.25. The smallest absolute Gasteiger partial charge is 0.00748 e. The zero-order valence-corrected chi connectivity index (χ0v) is 7.15. The first-order chi connectivity index (χ1) is 3.93. The van der Waals surface area contributed by atoms with Crippen molar-refractivity contribution in [2.45, 2.75) is 25.3 Å². The third-order valence-corrected chi connectivity index (χ3v) is 2.24. The molecule has 0 aromatic heterocycles. The topological polar surface area (TPSA) is 12.0 Å². The lowest BCUT2D eigenvalue weighted by atomic mass is 10.2. The van der Waals surface area contributed by atoms with Crippen LogP contribution in [0.1, 0.15) is 19.3 Å². The summed E-state index contributed by atoms with van der Waals surface area (Å²) < 4.78 is 1.30. The van der Waals surface area contributed by atoms with Crippen LogP contribution in [0.4, 0.5) is 0 Å². The standard InChI is InChI=1S/C6H12IN/c7-4-3-6-2-1-5-8-6/h6,8H,1-5H2. The monoisotopic (exact) mass is 225 g/mol. The molecule has 0 saturated carbocycles. The van der Waals surface area contributed by atoms with E-state index in [2.05, 4.69) is 27.9 Å². The molecule has 1 saturated heterocycles. The Morgan fingerprint density at radius 3 is 3.00 bits per heavy atom. The van der Waals surface area contributed by atoms with Crippen molar-refractivity contribution in [1.29, 1.82) is 0 Å². The SMILES string of the molecule is ICCC1CCCN1. The van der Waals surface area contributed by atoms with Crippen molar-refractivity contribution in [3.05, 3.63) is 0 Å². The molecule has 0 amide bonds. The van der Waals surface area contributed by atoms with E-state index < -0.39 is 0 Å². The summed E-state index contributed by atoms with van der Waals surface area (Å²) >= 11 is 2.44. The average Bonchev–Trinajstić information content (AvgIpc) is 2.19. The molecule has 8 heavy (non-hydrogen) atoms. The van der Waals surface area contributed by atoms with Gasteiger partial charge in [0.1, 0.15) is 0 Å². The zero-order valence-electron chi connectivity index (χ0n) is 4.99. The number of rotatable bonds is 2. The van der Waals surface area contributed by atoms with Gasteiger partial charge in [-0.15, -0.1) is 0 Å². The number of halogens is 1. The second kappa shape index (κ2) is 3.67. The van der Waals surface area contributed by atoms with Crippen LogP contribution in [0.15, 0.2) is 0 Å². The first-order valence-electron chi connectivity index (χ1n) is 3.23. The summed E-state index contributed by atoms with van der Waals surface area (Å²) in [6.07, 6.45) is 4.16. The van der Waals surface area contributed by atoms with Gasteiger partial charge < -0.3 is 5.32 Å². The van der Waals surface area contributed by atoms with E-state index in [0.717, 1.165) is 6.04 Å². The minimum Gasteiger partial charge on any atom is -0.314 e. The van der Waals surface area contributed by atoms with Gasteiger partial charge in [-0.25, -0.2) is 0 Å². The van der Waals surface area contributed by atoms with Crippen molar-refractivity contribution in [3.63, 3.8) is 0 Å². The van der Waals surface area contributed by atoms with Crippen LogP contribution in [0.3, 0.4) is 0 Å². The molecular weight excluding hydrogens is 213 g/mol. The van der Waals surface area contributed by atoms with Gasteiger partial charge in [0.05, 0.1) is 0 Å². The lowest BCUT2D eigenvalue weighted by molar-refractivity contribution is 0.595. The highest BCUT2D eigenvalue weighted by atomic mass is 127. The van der Waals surface area contributed by atoms with Crippen molar-refractivity contribution in [2.24, 2.45) is 0 Å². The van der Waals surface area contributed by atoms with Gasteiger partial charge in [0.25, 0.3) is 0 Å². The predicted molar refractivity (Wildman–Crippen MR) is 44.5 cm³/mol. The summed E-state index contributed by atoms with van der Waals surface area (Å²) in [4.78, 5) is 0. The highest BCUT2D eigenvalue weighted by molar-refractivity contribution is 14.1.